The van der Waals surface area contributed by atoms with Crippen molar-refractivity contribution in [3.8, 4) is 0 Å². The van der Waals surface area contributed by atoms with Crippen LogP contribution in [0.3, 0.4) is 0 Å². The van der Waals surface area contributed by atoms with Crippen LogP contribution in [0.25, 0.3) is 0 Å². The van der Waals surface area contributed by atoms with Crippen molar-refractivity contribution in [1.82, 2.24) is 9.55 Å². The number of methoxy groups -OCH3 is 1. The minimum atomic E-state index is -0.152. The fourth-order valence-electron chi connectivity index (χ4n) is 3.10. The third-order valence-corrected chi connectivity index (χ3v) is 4.86. The summed E-state index contributed by atoms with van der Waals surface area (Å²) in [6.45, 7) is 3.84. The normalized spacial score (nSPS) is 19.7. The second kappa shape index (κ2) is 7.60. The summed E-state index contributed by atoms with van der Waals surface area (Å²) in [6.07, 6.45) is 7.68. The van der Waals surface area contributed by atoms with Crippen LogP contribution in [-0.4, -0.2) is 29.4 Å². The Balaban J connectivity index is 1.78. The molecule has 1 fully saturated rings. The first-order chi connectivity index (χ1) is 11.2. The number of halogens is 1. The van der Waals surface area contributed by atoms with Crippen molar-refractivity contribution in [2.75, 3.05) is 13.7 Å². The van der Waals surface area contributed by atoms with Gasteiger partial charge in [-0.15, -0.1) is 0 Å². The zero-order chi connectivity index (χ0) is 16.2. The Morgan fingerprint density at radius 3 is 3.04 bits per heavy atom. The molecule has 2 aromatic rings. The maximum atomic E-state index is 5.81. The van der Waals surface area contributed by atoms with E-state index >= 15 is 0 Å². The minimum absolute atomic E-state index is 0.152. The van der Waals surface area contributed by atoms with E-state index in [0.717, 1.165) is 35.3 Å². The molecule has 5 heteroatoms. The Hall–Kier alpha value is -1.17. The summed E-state index contributed by atoms with van der Waals surface area (Å²) in [4.78, 5) is 4.57. The van der Waals surface area contributed by atoms with Crippen LogP contribution in [0.4, 0.5) is 0 Å². The first-order valence-corrected chi connectivity index (χ1v) is 8.89. The summed E-state index contributed by atoms with van der Waals surface area (Å²) in [6, 6.07) is 6.25. The maximum Gasteiger partial charge on any atom is 0.126 e. The monoisotopic (exact) mass is 378 g/mol. The van der Waals surface area contributed by atoms with Crippen LogP contribution in [0.2, 0.25) is 0 Å². The molecule has 23 heavy (non-hydrogen) atoms. The van der Waals surface area contributed by atoms with Crippen LogP contribution in [0.15, 0.2) is 35.2 Å². The highest BCUT2D eigenvalue weighted by Gasteiger charge is 2.20. The Morgan fingerprint density at radius 2 is 2.30 bits per heavy atom. The zero-order valence-corrected chi connectivity index (χ0v) is 15.3. The van der Waals surface area contributed by atoms with Gasteiger partial charge in [-0.25, -0.2) is 4.98 Å². The van der Waals surface area contributed by atoms with Crippen molar-refractivity contribution in [2.45, 2.75) is 44.9 Å². The lowest BCUT2D eigenvalue weighted by Crippen LogP contribution is -2.23. The van der Waals surface area contributed by atoms with Crippen LogP contribution in [0.5, 0.6) is 0 Å². The van der Waals surface area contributed by atoms with Gasteiger partial charge in [0, 0.05) is 30.9 Å². The molecule has 1 aliphatic rings. The molecule has 0 saturated carbocycles. The highest BCUT2D eigenvalue weighted by molar-refractivity contribution is 9.10. The van der Waals surface area contributed by atoms with E-state index in [1.807, 2.05) is 12.4 Å². The van der Waals surface area contributed by atoms with Crippen molar-refractivity contribution in [3.63, 3.8) is 0 Å². The van der Waals surface area contributed by atoms with Crippen LogP contribution < -0.4 is 0 Å². The van der Waals surface area contributed by atoms with E-state index in [1.165, 1.54) is 18.4 Å². The number of aromatic nitrogens is 2. The standard InChI is InChI=1S/C18H23BrN2O2/c1-13-6-7-14(19)9-16(13)18(22-2)17-11-21(12-20-17)10-15-5-3-4-8-23-15/h6-7,9,11-12,15,18H,3-5,8,10H2,1-2H3. The van der Waals surface area contributed by atoms with Crippen molar-refractivity contribution in [1.29, 1.82) is 0 Å². The van der Waals surface area contributed by atoms with E-state index in [1.54, 1.807) is 7.11 Å². The maximum absolute atomic E-state index is 5.81. The lowest BCUT2D eigenvalue weighted by atomic mass is 10.0. The summed E-state index contributed by atoms with van der Waals surface area (Å²) in [5, 5.41) is 0. The molecule has 1 aromatic carbocycles. The number of rotatable bonds is 5. The number of ether oxygens (including phenoxy) is 2. The molecule has 3 rings (SSSR count). The van der Waals surface area contributed by atoms with Crippen LogP contribution in [0.1, 0.15) is 42.2 Å². The van der Waals surface area contributed by atoms with Gasteiger partial charge in [0.25, 0.3) is 0 Å². The molecule has 1 aromatic heterocycles. The molecule has 0 radical (unpaired) electrons. The average molecular weight is 379 g/mol. The SMILES string of the molecule is COC(c1cn(CC2CCCCO2)cn1)c1cc(Br)ccc1C. The van der Waals surface area contributed by atoms with Crippen molar-refractivity contribution in [2.24, 2.45) is 0 Å². The molecular formula is C18H23BrN2O2. The molecule has 1 saturated heterocycles. The Kier molecular flexibility index (Phi) is 5.51. The van der Waals surface area contributed by atoms with Gasteiger partial charge in [-0.3, -0.25) is 0 Å². The molecular weight excluding hydrogens is 356 g/mol. The predicted molar refractivity (Wildman–Crippen MR) is 93.5 cm³/mol. The molecule has 0 aliphatic carbocycles. The van der Waals surface area contributed by atoms with E-state index in [2.05, 4.69) is 50.7 Å². The van der Waals surface area contributed by atoms with Gasteiger partial charge in [-0.05, 0) is 49.4 Å². The Bertz CT molecular complexity index is 650. The van der Waals surface area contributed by atoms with Gasteiger partial charge in [-0.1, -0.05) is 22.0 Å². The largest absolute Gasteiger partial charge is 0.376 e. The molecule has 2 unspecified atom stereocenters. The molecule has 0 bridgehead atoms. The Labute approximate surface area is 146 Å². The fourth-order valence-corrected chi connectivity index (χ4v) is 3.48. The van der Waals surface area contributed by atoms with E-state index in [9.17, 15) is 0 Å². The second-order valence-electron chi connectivity index (χ2n) is 6.10. The molecule has 124 valence electrons. The molecule has 4 nitrogen and oxygen atoms in total. The molecule has 2 atom stereocenters. The van der Waals surface area contributed by atoms with Gasteiger partial charge in [-0.2, -0.15) is 0 Å². The minimum Gasteiger partial charge on any atom is -0.376 e. The number of benzene rings is 1. The highest BCUT2D eigenvalue weighted by Crippen LogP contribution is 2.29. The zero-order valence-electron chi connectivity index (χ0n) is 13.7. The van der Waals surface area contributed by atoms with Crippen molar-refractivity contribution >= 4 is 15.9 Å². The van der Waals surface area contributed by atoms with Gasteiger partial charge in [0.1, 0.15) is 6.10 Å². The summed E-state index contributed by atoms with van der Waals surface area (Å²) < 4.78 is 14.7. The van der Waals surface area contributed by atoms with Crippen LogP contribution in [-0.2, 0) is 16.0 Å². The number of imidazole rings is 1. The Morgan fingerprint density at radius 1 is 1.43 bits per heavy atom. The highest BCUT2D eigenvalue weighted by atomic mass is 79.9. The summed E-state index contributed by atoms with van der Waals surface area (Å²) in [7, 11) is 1.73. The van der Waals surface area contributed by atoms with E-state index in [4.69, 9.17) is 9.47 Å². The lowest BCUT2D eigenvalue weighted by Gasteiger charge is -2.22. The topological polar surface area (TPSA) is 36.3 Å². The van der Waals surface area contributed by atoms with Gasteiger partial charge < -0.3 is 14.0 Å². The summed E-state index contributed by atoms with van der Waals surface area (Å²) in [5.41, 5.74) is 3.27. The van der Waals surface area contributed by atoms with Crippen molar-refractivity contribution in [3.05, 3.63) is 52.0 Å². The van der Waals surface area contributed by atoms with Crippen LogP contribution >= 0.6 is 15.9 Å². The molecule has 0 N–H and O–H groups in total. The van der Waals surface area contributed by atoms with Crippen LogP contribution in [0, 0.1) is 6.92 Å². The third-order valence-electron chi connectivity index (χ3n) is 4.37. The van der Waals surface area contributed by atoms with Crippen molar-refractivity contribution < 1.29 is 9.47 Å². The lowest BCUT2D eigenvalue weighted by molar-refractivity contribution is 0.00593. The first kappa shape index (κ1) is 16.7. The van der Waals surface area contributed by atoms with E-state index in [0.29, 0.717) is 6.10 Å². The summed E-state index contributed by atoms with van der Waals surface area (Å²) >= 11 is 3.54. The number of nitrogens with zero attached hydrogens (tertiary/aromatic N) is 2. The smallest absolute Gasteiger partial charge is 0.126 e. The number of hydrogen-bond donors (Lipinski definition) is 0. The first-order valence-electron chi connectivity index (χ1n) is 8.09. The molecule has 0 spiro atoms. The quantitative estimate of drug-likeness (QED) is 0.779. The average Bonchev–Trinajstić information content (AvgIpc) is 3.01. The van der Waals surface area contributed by atoms with E-state index in [-0.39, 0.29) is 6.10 Å². The molecule has 2 heterocycles. The van der Waals surface area contributed by atoms with Gasteiger partial charge in [0.05, 0.1) is 18.1 Å². The number of aryl methyl sites for hydroxylation is 1. The van der Waals surface area contributed by atoms with E-state index < -0.39 is 0 Å². The predicted octanol–water partition coefficient (Wildman–Crippen LogP) is 4.26. The van der Waals surface area contributed by atoms with Gasteiger partial charge >= 0.3 is 0 Å². The van der Waals surface area contributed by atoms with Gasteiger partial charge in [0.2, 0.25) is 0 Å². The number of hydrogen-bond acceptors (Lipinski definition) is 3. The molecule has 0 amide bonds. The second-order valence-corrected chi connectivity index (χ2v) is 7.02. The molecule has 1 aliphatic heterocycles. The summed E-state index contributed by atoms with van der Waals surface area (Å²) in [5.74, 6) is 0. The van der Waals surface area contributed by atoms with Gasteiger partial charge in [0.15, 0.2) is 0 Å². The third kappa shape index (κ3) is 4.03. The fraction of sp³-hybridized carbons (Fsp3) is 0.500.